The Labute approximate surface area is 156 Å². The Morgan fingerprint density at radius 3 is 2.58 bits per heavy atom. The van der Waals surface area contributed by atoms with Crippen LogP contribution in [0.25, 0.3) is 10.8 Å². The number of ether oxygens (including phenoxy) is 2. The molecule has 0 aliphatic carbocycles. The summed E-state index contributed by atoms with van der Waals surface area (Å²) in [5.41, 5.74) is 3.59. The van der Waals surface area contributed by atoms with Crippen molar-refractivity contribution >= 4 is 34.5 Å². The second kappa shape index (κ2) is 7.89. The maximum Gasteiger partial charge on any atom is 0.272 e. The molecule has 0 bridgehead atoms. The molecule has 3 aromatic rings. The molecule has 3 aromatic carbocycles. The average molecular weight is 369 g/mol. The normalized spacial score (nSPS) is 10.9. The van der Waals surface area contributed by atoms with Crippen LogP contribution in [-0.4, -0.2) is 26.3 Å². The van der Waals surface area contributed by atoms with E-state index in [9.17, 15) is 4.79 Å². The maximum atomic E-state index is 12.2. The molecular formula is C20H17ClN2O3. The van der Waals surface area contributed by atoms with Crippen LogP contribution in [0.2, 0.25) is 5.02 Å². The van der Waals surface area contributed by atoms with Crippen molar-refractivity contribution in [1.82, 2.24) is 5.43 Å². The van der Waals surface area contributed by atoms with Crippen LogP contribution >= 0.6 is 11.6 Å². The number of methoxy groups -OCH3 is 2. The first kappa shape index (κ1) is 17.8. The van der Waals surface area contributed by atoms with Crippen molar-refractivity contribution in [1.29, 1.82) is 0 Å². The molecule has 0 unspecified atom stereocenters. The van der Waals surface area contributed by atoms with Crippen molar-refractivity contribution < 1.29 is 14.3 Å². The Bertz CT molecular complexity index is 981. The zero-order chi connectivity index (χ0) is 18.5. The Hall–Kier alpha value is -3.05. The molecule has 3 rings (SSSR count). The van der Waals surface area contributed by atoms with Gasteiger partial charge in [0.15, 0.2) is 0 Å². The van der Waals surface area contributed by atoms with E-state index in [4.69, 9.17) is 21.1 Å². The molecule has 0 aliphatic rings. The second-order valence-electron chi connectivity index (χ2n) is 5.45. The van der Waals surface area contributed by atoms with Gasteiger partial charge in [-0.05, 0) is 41.1 Å². The Balaban J connectivity index is 1.93. The summed E-state index contributed by atoms with van der Waals surface area (Å²) in [6, 6.07) is 16.3. The van der Waals surface area contributed by atoms with Crippen molar-refractivity contribution in [3.05, 3.63) is 70.7 Å². The van der Waals surface area contributed by atoms with E-state index < -0.39 is 0 Å². The summed E-state index contributed by atoms with van der Waals surface area (Å²) in [5, 5.41) is 6.34. The predicted octanol–water partition coefficient (Wildman–Crippen LogP) is 4.27. The minimum Gasteiger partial charge on any atom is -0.497 e. The fourth-order valence-corrected chi connectivity index (χ4v) is 2.82. The average Bonchev–Trinajstić information content (AvgIpc) is 2.67. The van der Waals surface area contributed by atoms with Gasteiger partial charge in [-0.1, -0.05) is 35.9 Å². The number of hydrogen-bond acceptors (Lipinski definition) is 4. The predicted molar refractivity (Wildman–Crippen MR) is 104 cm³/mol. The first-order valence-corrected chi connectivity index (χ1v) is 8.24. The minimum absolute atomic E-state index is 0.359. The molecule has 5 nitrogen and oxygen atoms in total. The van der Waals surface area contributed by atoms with Gasteiger partial charge in [0.2, 0.25) is 0 Å². The van der Waals surface area contributed by atoms with Crippen molar-refractivity contribution in [2.24, 2.45) is 5.10 Å². The third-order valence-corrected chi connectivity index (χ3v) is 4.26. The molecule has 0 saturated carbocycles. The van der Waals surface area contributed by atoms with Crippen LogP contribution in [0, 0.1) is 0 Å². The molecule has 1 N–H and O–H groups in total. The quantitative estimate of drug-likeness (QED) is 0.540. The van der Waals surface area contributed by atoms with E-state index in [-0.39, 0.29) is 5.91 Å². The summed E-state index contributed by atoms with van der Waals surface area (Å²) >= 11 is 6.03. The molecule has 6 heteroatoms. The summed E-state index contributed by atoms with van der Waals surface area (Å²) < 4.78 is 10.7. The summed E-state index contributed by atoms with van der Waals surface area (Å²) in [5.74, 6) is 0.977. The number of fused-ring (bicyclic) bond motifs is 1. The van der Waals surface area contributed by atoms with Gasteiger partial charge in [-0.25, -0.2) is 5.43 Å². The fraction of sp³-hybridized carbons (Fsp3) is 0.100. The lowest BCUT2D eigenvalue weighted by molar-refractivity contribution is 0.0955. The van der Waals surface area contributed by atoms with E-state index in [1.54, 1.807) is 44.7 Å². The largest absolute Gasteiger partial charge is 0.497 e. The van der Waals surface area contributed by atoms with E-state index in [1.807, 2.05) is 30.3 Å². The first-order chi connectivity index (χ1) is 12.6. The van der Waals surface area contributed by atoms with Crippen LogP contribution in [0.3, 0.4) is 0 Å². The summed E-state index contributed by atoms with van der Waals surface area (Å²) in [6.45, 7) is 0. The topological polar surface area (TPSA) is 59.9 Å². The van der Waals surface area contributed by atoms with E-state index >= 15 is 0 Å². The number of nitrogens with zero attached hydrogens (tertiary/aromatic N) is 1. The number of halogens is 1. The van der Waals surface area contributed by atoms with E-state index in [0.717, 1.165) is 22.1 Å². The van der Waals surface area contributed by atoms with Crippen LogP contribution in [0.1, 0.15) is 15.9 Å². The number of rotatable bonds is 5. The third-order valence-electron chi connectivity index (χ3n) is 3.93. The van der Waals surface area contributed by atoms with Crippen molar-refractivity contribution in [3.63, 3.8) is 0 Å². The highest BCUT2D eigenvalue weighted by Crippen LogP contribution is 2.29. The smallest absolute Gasteiger partial charge is 0.272 e. The lowest BCUT2D eigenvalue weighted by Gasteiger charge is -2.10. The maximum absolute atomic E-state index is 12.2. The Morgan fingerprint density at radius 1 is 1.08 bits per heavy atom. The number of carbonyl (C=O) groups is 1. The molecule has 132 valence electrons. The number of hydrogen-bond donors (Lipinski definition) is 1. The zero-order valence-electron chi connectivity index (χ0n) is 14.3. The Morgan fingerprint density at radius 2 is 1.85 bits per heavy atom. The van der Waals surface area contributed by atoms with Crippen molar-refractivity contribution in [2.45, 2.75) is 0 Å². The van der Waals surface area contributed by atoms with Crippen LogP contribution < -0.4 is 14.9 Å². The van der Waals surface area contributed by atoms with Gasteiger partial charge in [0.25, 0.3) is 5.91 Å². The van der Waals surface area contributed by atoms with Crippen LogP contribution in [-0.2, 0) is 0 Å². The SMILES string of the molecule is COc1ccc2ccc(OC)c(/C=N\NC(=O)c3ccccc3Cl)c2c1. The van der Waals surface area contributed by atoms with Gasteiger partial charge < -0.3 is 9.47 Å². The van der Waals surface area contributed by atoms with E-state index in [1.165, 1.54) is 0 Å². The number of carbonyl (C=O) groups excluding carboxylic acids is 1. The third kappa shape index (κ3) is 3.63. The molecule has 0 radical (unpaired) electrons. The molecule has 0 fully saturated rings. The summed E-state index contributed by atoms with van der Waals surface area (Å²) in [7, 11) is 3.19. The fourth-order valence-electron chi connectivity index (χ4n) is 2.60. The van der Waals surface area contributed by atoms with Gasteiger partial charge in [-0.3, -0.25) is 4.79 Å². The minimum atomic E-state index is -0.386. The van der Waals surface area contributed by atoms with Gasteiger partial charge >= 0.3 is 0 Å². The number of amides is 1. The number of hydrazone groups is 1. The number of nitrogens with one attached hydrogen (secondary N) is 1. The standard InChI is InChI=1S/C20H17ClN2O3/c1-25-14-9-7-13-8-10-19(26-2)17(16(13)11-14)12-22-23-20(24)15-5-3-4-6-18(15)21/h3-12H,1-2H3,(H,23,24)/b22-12-. The van der Waals surface area contributed by atoms with E-state index in [0.29, 0.717) is 16.3 Å². The van der Waals surface area contributed by atoms with Crippen LogP contribution in [0.5, 0.6) is 11.5 Å². The lowest BCUT2D eigenvalue weighted by atomic mass is 10.0. The summed E-state index contributed by atoms with van der Waals surface area (Å²) in [4.78, 5) is 12.2. The van der Waals surface area contributed by atoms with Gasteiger partial charge in [0, 0.05) is 5.56 Å². The highest BCUT2D eigenvalue weighted by molar-refractivity contribution is 6.33. The lowest BCUT2D eigenvalue weighted by Crippen LogP contribution is -2.18. The Kier molecular flexibility index (Phi) is 5.39. The molecule has 0 aliphatic heterocycles. The second-order valence-corrected chi connectivity index (χ2v) is 5.85. The zero-order valence-corrected chi connectivity index (χ0v) is 15.1. The van der Waals surface area contributed by atoms with Crippen molar-refractivity contribution in [2.75, 3.05) is 14.2 Å². The van der Waals surface area contributed by atoms with Gasteiger partial charge in [0.1, 0.15) is 11.5 Å². The molecule has 1 amide bonds. The number of benzene rings is 3. The summed E-state index contributed by atoms with van der Waals surface area (Å²) in [6.07, 6.45) is 1.55. The van der Waals surface area contributed by atoms with Gasteiger partial charge in [-0.2, -0.15) is 5.10 Å². The van der Waals surface area contributed by atoms with Gasteiger partial charge in [0.05, 0.1) is 31.0 Å². The monoisotopic (exact) mass is 368 g/mol. The molecule has 0 heterocycles. The molecule has 0 aromatic heterocycles. The van der Waals surface area contributed by atoms with Gasteiger partial charge in [-0.15, -0.1) is 0 Å². The molecular weight excluding hydrogens is 352 g/mol. The molecule has 0 saturated heterocycles. The molecule has 0 spiro atoms. The van der Waals surface area contributed by atoms with Crippen LogP contribution in [0.15, 0.2) is 59.7 Å². The van der Waals surface area contributed by atoms with E-state index in [2.05, 4.69) is 10.5 Å². The molecule has 26 heavy (non-hydrogen) atoms. The van der Waals surface area contributed by atoms with Crippen LogP contribution in [0.4, 0.5) is 0 Å². The highest BCUT2D eigenvalue weighted by Gasteiger charge is 2.10. The first-order valence-electron chi connectivity index (χ1n) is 7.86. The highest BCUT2D eigenvalue weighted by atomic mass is 35.5. The molecule has 0 atom stereocenters. The van der Waals surface area contributed by atoms with Crippen molar-refractivity contribution in [3.8, 4) is 11.5 Å².